The van der Waals surface area contributed by atoms with Crippen LogP contribution in [0.1, 0.15) is 6.92 Å². The number of aliphatic hydroxyl groups is 2. The standard InChI is InChI=1S/C9H16N6O2.2ClH.2H2O/c1-3(16)6(17)4-2-12-8-5(13-4)7(10)14-9(11)15-8;;;;/h3-4,6,13,16-17H,2H2,1H3,(H5,10,11,12,14,15);2*1H;2*1H2/t3-,4?,6-;;;;/m0..../s1. The number of nitrogens with one attached hydrogen (secondary N) is 2. The first-order valence-corrected chi connectivity index (χ1v) is 5.28. The van der Waals surface area contributed by atoms with Crippen molar-refractivity contribution in [2.75, 3.05) is 28.6 Å². The number of nitrogens with two attached hydrogens (primary N) is 2. The second kappa shape index (κ2) is 9.60. The minimum absolute atomic E-state index is 0. The van der Waals surface area contributed by atoms with Crippen LogP contribution in [0.3, 0.4) is 0 Å². The molecule has 1 aromatic heterocycles. The Balaban J connectivity index is -0.000000810. The number of aromatic nitrogens is 2. The molecule has 12 heteroatoms. The molecule has 0 fully saturated rings. The van der Waals surface area contributed by atoms with Gasteiger partial charge in [0.15, 0.2) is 11.6 Å². The van der Waals surface area contributed by atoms with Crippen LogP contribution in [0.5, 0.6) is 0 Å². The van der Waals surface area contributed by atoms with Crippen molar-refractivity contribution in [3.05, 3.63) is 0 Å². The molecule has 126 valence electrons. The summed E-state index contributed by atoms with van der Waals surface area (Å²) in [4.78, 5) is 7.81. The number of hydrogen-bond acceptors (Lipinski definition) is 8. The molecule has 0 saturated carbocycles. The molecular weight excluding hydrogens is 327 g/mol. The molecule has 0 bridgehead atoms. The Kier molecular flexibility index (Phi) is 11.3. The summed E-state index contributed by atoms with van der Waals surface area (Å²) in [5.74, 6) is 0.802. The number of aliphatic hydroxyl groups excluding tert-OH is 2. The van der Waals surface area contributed by atoms with E-state index in [1.54, 1.807) is 0 Å². The molecule has 10 nitrogen and oxygen atoms in total. The van der Waals surface area contributed by atoms with Crippen molar-refractivity contribution in [2.45, 2.75) is 25.2 Å². The average molecular weight is 349 g/mol. The first kappa shape index (κ1) is 24.7. The van der Waals surface area contributed by atoms with Gasteiger partial charge in [0.05, 0.1) is 12.1 Å². The highest BCUT2D eigenvalue weighted by atomic mass is 35.5. The number of rotatable bonds is 2. The Morgan fingerprint density at radius 3 is 2.29 bits per heavy atom. The van der Waals surface area contributed by atoms with Gasteiger partial charge in [-0.05, 0) is 6.92 Å². The maximum absolute atomic E-state index is 9.76. The zero-order valence-electron chi connectivity index (χ0n) is 11.2. The van der Waals surface area contributed by atoms with E-state index in [2.05, 4.69) is 20.6 Å². The van der Waals surface area contributed by atoms with Crippen LogP contribution in [-0.4, -0.2) is 55.9 Å². The molecule has 1 aromatic rings. The number of fused-ring (bicyclic) bond motifs is 1. The second-order valence-electron chi connectivity index (χ2n) is 4.05. The molecule has 0 spiro atoms. The molecular formula is C9H22Cl2N6O4. The Bertz CT molecular complexity index is 439. The van der Waals surface area contributed by atoms with Gasteiger partial charge in [0.2, 0.25) is 5.95 Å². The summed E-state index contributed by atoms with van der Waals surface area (Å²) in [5, 5.41) is 25.1. The number of hydrogen-bond donors (Lipinski definition) is 6. The Hall–Kier alpha value is -1.30. The highest BCUT2D eigenvalue weighted by molar-refractivity contribution is 5.85. The van der Waals surface area contributed by atoms with Gasteiger partial charge in [0.25, 0.3) is 0 Å². The highest BCUT2D eigenvalue weighted by Gasteiger charge is 2.29. The summed E-state index contributed by atoms with van der Waals surface area (Å²) in [7, 11) is 0. The fourth-order valence-corrected chi connectivity index (χ4v) is 1.75. The third-order valence-electron chi connectivity index (χ3n) is 2.68. The van der Waals surface area contributed by atoms with E-state index in [0.717, 1.165) is 0 Å². The molecule has 0 amide bonds. The summed E-state index contributed by atoms with van der Waals surface area (Å²) >= 11 is 0. The average Bonchev–Trinajstić information content (AvgIpc) is 2.27. The molecule has 3 atom stereocenters. The zero-order chi connectivity index (χ0) is 12.6. The molecule has 2 heterocycles. The minimum Gasteiger partial charge on any atom is -0.412 e. The lowest BCUT2D eigenvalue weighted by atomic mass is 10.0. The van der Waals surface area contributed by atoms with Gasteiger partial charge in [-0.3, -0.25) is 0 Å². The summed E-state index contributed by atoms with van der Waals surface area (Å²) in [6.07, 6.45) is -1.75. The predicted molar refractivity (Wildman–Crippen MR) is 86.2 cm³/mol. The van der Waals surface area contributed by atoms with Gasteiger partial charge < -0.3 is 43.3 Å². The monoisotopic (exact) mass is 348 g/mol. The SMILES string of the molecule is C[C@H](O)[C@H](O)C1CNc2nc(N)nc(N)c2N1.Cl.Cl.O.O. The molecule has 0 aliphatic carbocycles. The predicted octanol–water partition coefficient (Wildman–Crippen LogP) is -2.22. The van der Waals surface area contributed by atoms with Gasteiger partial charge in [0, 0.05) is 6.54 Å². The molecule has 21 heavy (non-hydrogen) atoms. The van der Waals surface area contributed by atoms with Crippen molar-refractivity contribution < 1.29 is 21.2 Å². The summed E-state index contributed by atoms with van der Waals surface area (Å²) in [6.45, 7) is 1.93. The van der Waals surface area contributed by atoms with Gasteiger partial charge in [-0.25, -0.2) is 0 Å². The van der Waals surface area contributed by atoms with Crippen LogP contribution in [0.2, 0.25) is 0 Å². The summed E-state index contributed by atoms with van der Waals surface area (Å²) < 4.78 is 0. The Labute approximate surface area is 133 Å². The normalized spacial score (nSPS) is 17.8. The number of nitrogens with zero attached hydrogens (tertiary/aromatic N) is 2. The number of anilines is 4. The van der Waals surface area contributed by atoms with Gasteiger partial charge >= 0.3 is 0 Å². The van der Waals surface area contributed by atoms with E-state index >= 15 is 0 Å². The van der Waals surface area contributed by atoms with E-state index in [0.29, 0.717) is 18.1 Å². The van der Waals surface area contributed by atoms with Crippen LogP contribution < -0.4 is 22.1 Å². The fraction of sp³-hybridized carbons (Fsp3) is 0.556. The third-order valence-corrected chi connectivity index (χ3v) is 2.68. The van der Waals surface area contributed by atoms with Crippen molar-refractivity contribution in [1.82, 2.24) is 9.97 Å². The first-order chi connectivity index (χ1) is 7.99. The molecule has 0 aromatic carbocycles. The fourth-order valence-electron chi connectivity index (χ4n) is 1.75. The lowest BCUT2D eigenvalue weighted by Gasteiger charge is -2.32. The highest BCUT2D eigenvalue weighted by Crippen LogP contribution is 2.30. The molecule has 12 N–H and O–H groups in total. The molecule has 1 unspecified atom stereocenters. The van der Waals surface area contributed by atoms with Crippen molar-refractivity contribution in [3.8, 4) is 0 Å². The van der Waals surface area contributed by atoms with Crippen LogP contribution in [-0.2, 0) is 0 Å². The van der Waals surface area contributed by atoms with E-state index in [1.807, 2.05) is 0 Å². The quantitative estimate of drug-likeness (QED) is 0.344. The maximum Gasteiger partial charge on any atom is 0.224 e. The maximum atomic E-state index is 9.76. The van der Waals surface area contributed by atoms with E-state index in [9.17, 15) is 10.2 Å². The minimum atomic E-state index is -0.910. The topological polar surface area (TPSA) is 205 Å². The third kappa shape index (κ3) is 5.19. The molecule has 1 aliphatic rings. The lowest BCUT2D eigenvalue weighted by Crippen LogP contribution is -2.47. The zero-order valence-corrected chi connectivity index (χ0v) is 12.8. The van der Waals surface area contributed by atoms with Crippen molar-refractivity contribution >= 4 is 48.1 Å². The van der Waals surface area contributed by atoms with Crippen molar-refractivity contribution in [3.63, 3.8) is 0 Å². The molecule has 0 saturated heterocycles. The van der Waals surface area contributed by atoms with E-state index in [1.165, 1.54) is 6.92 Å². The van der Waals surface area contributed by atoms with Gasteiger partial charge in [0.1, 0.15) is 11.8 Å². The summed E-state index contributed by atoms with van der Waals surface area (Å²) in [5.41, 5.74) is 11.7. The van der Waals surface area contributed by atoms with Gasteiger partial charge in [-0.2, -0.15) is 9.97 Å². The van der Waals surface area contributed by atoms with Crippen LogP contribution in [0.15, 0.2) is 0 Å². The number of nitrogen functional groups attached to an aromatic ring is 2. The van der Waals surface area contributed by atoms with Crippen LogP contribution in [0.25, 0.3) is 0 Å². The second-order valence-corrected chi connectivity index (χ2v) is 4.05. The van der Waals surface area contributed by atoms with Crippen LogP contribution in [0, 0.1) is 0 Å². The van der Waals surface area contributed by atoms with Crippen LogP contribution >= 0.6 is 24.8 Å². The Morgan fingerprint density at radius 2 is 1.76 bits per heavy atom. The molecule has 2 rings (SSSR count). The molecule has 1 aliphatic heterocycles. The van der Waals surface area contributed by atoms with Crippen molar-refractivity contribution in [2.24, 2.45) is 0 Å². The Morgan fingerprint density at radius 1 is 1.19 bits per heavy atom. The van der Waals surface area contributed by atoms with Crippen molar-refractivity contribution in [1.29, 1.82) is 0 Å². The molecule has 0 radical (unpaired) electrons. The van der Waals surface area contributed by atoms with Crippen LogP contribution in [0.4, 0.5) is 23.3 Å². The number of halogens is 2. The first-order valence-electron chi connectivity index (χ1n) is 5.28. The van der Waals surface area contributed by atoms with Gasteiger partial charge in [-0.15, -0.1) is 24.8 Å². The lowest BCUT2D eigenvalue weighted by molar-refractivity contribution is 0.0214. The van der Waals surface area contributed by atoms with E-state index < -0.39 is 12.2 Å². The smallest absolute Gasteiger partial charge is 0.224 e. The summed E-state index contributed by atoms with van der Waals surface area (Å²) in [6, 6.07) is -0.364. The largest absolute Gasteiger partial charge is 0.412 e. The van der Waals surface area contributed by atoms with E-state index in [-0.39, 0.29) is 53.6 Å². The van der Waals surface area contributed by atoms with Gasteiger partial charge in [-0.1, -0.05) is 0 Å². The van der Waals surface area contributed by atoms with E-state index in [4.69, 9.17) is 11.5 Å².